The number of anilines is 1. The summed E-state index contributed by atoms with van der Waals surface area (Å²) in [4.78, 5) is 4.35. The van der Waals surface area contributed by atoms with Gasteiger partial charge in [0.15, 0.2) is 0 Å². The first-order valence-corrected chi connectivity index (χ1v) is 8.53. The van der Waals surface area contributed by atoms with Crippen molar-refractivity contribution in [2.75, 3.05) is 5.32 Å². The molecule has 124 valence electrons. The lowest BCUT2D eigenvalue weighted by Gasteiger charge is -2.30. The van der Waals surface area contributed by atoms with Crippen molar-refractivity contribution in [3.05, 3.63) is 41.3 Å². The average molecular weight is 313 g/mol. The molecule has 2 aromatic rings. The van der Waals surface area contributed by atoms with Crippen molar-refractivity contribution in [2.24, 2.45) is 7.05 Å². The molecule has 5 heteroatoms. The van der Waals surface area contributed by atoms with E-state index in [-0.39, 0.29) is 0 Å². The highest BCUT2D eigenvalue weighted by molar-refractivity contribution is 5.34. The molecule has 1 aliphatic rings. The third-order valence-corrected chi connectivity index (χ3v) is 4.97. The van der Waals surface area contributed by atoms with Crippen molar-refractivity contribution >= 4 is 5.82 Å². The number of aromatic nitrogens is 3. The molecule has 5 nitrogen and oxygen atoms in total. The van der Waals surface area contributed by atoms with E-state index in [1.165, 1.54) is 36.9 Å². The maximum Gasteiger partial charge on any atom is 0.126 e. The Morgan fingerprint density at radius 1 is 1.13 bits per heavy atom. The molecule has 23 heavy (non-hydrogen) atoms. The van der Waals surface area contributed by atoms with Gasteiger partial charge in [-0.25, -0.2) is 4.98 Å². The topological polar surface area (TPSA) is 54.8 Å². The number of aryl methyl sites for hydroxylation is 2. The molecule has 1 fully saturated rings. The van der Waals surface area contributed by atoms with Crippen LogP contribution in [0.3, 0.4) is 0 Å². The first-order chi connectivity index (χ1) is 11.1. The van der Waals surface area contributed by atoms with Crippen molar-refractivity contribution in [1.29, 1.82) is 0 Å². The Morgan fingerprint density at radius 2 is 1.87 bits per heavy atom. The Balaban J connectivity index is 1.46. The SMILES string of the molecule is Cc1nn(C)c(C)c1CNC1CCC(Nc2ccccn2)CC1. The Labute approximate surface area is 138 Å². The highest BCUT2D eigenvalue weighted by Gasteiger charge is 2.21. The lowest BCUT2D eigenvalue weighted by Crippen LogP contribution is -2.36. The van der Waals surface area contributed by atoms with Crippen LogP contribution in [0.15, 0.2) is 24.4 Å². The van der Waals surface area contributed by atoms with Gasteiger partial charge in [0.05, 0.1) is 5.69 Å². The van der Waals surface area contributed by atoms with Crippen molar-refractivity contribution < 1.29 is 0 Å². The minimum absolute atomic E-state index is 0.546. The standard InChI is InChI=1S/C18H27N5/c1-13-17(14(2)23(3)22-13)12-20-15-7-9-16(10-8-15)21-18-6-4-5-11-19-18/h4-6,11,15-16,20H,7-10,12H2,1-3H3,(H,19,21). The molecule has 0 aliphatic heterocycles. The van der Waals surface area contributed by atoms with E-state index < -0.39 is 0 Å². The molecule has 3 rings (SSSR count). The molecule has 0 saturated heterocycles. The van der Waals surface area contributed by atoms with Gasteiger partial charge in [0.1, 0.15) is 5.82 Å². The smallest absolute Gasteiger partial charge is 0.126 e. The number of hydrogen-bond donors (Lipinski definition) is 2. The van der Waals surface area contributed by atoms with E-state index >= 15 is 0 Å². The Hall–Kier alpha value is -1.88. The molecule has 2 N–H and O–H groups in total. The van der Waals surface area contributed by atoms with Gasteiger partial charge in [-0.15, -0.1) is 0 Å². The zero-order valence-corrected chi connectivity index (χ0v) is 14.3. The van der Waals surface area contributed by atoms with Gasteiger partial charge >= 0.3 is 0 Å². The predicted molar refractivity (Wildman–Crippen MR) is 93.4 cm³/mol. The summed E-state index contributed by atoms with van der Waals surface area (Å²) >= 11 is 0. The quantitative estimate of drug-likeness (QED) is 0.891. The van der Waals surface area contributed by atoms with Gasteiger partial charge in [0.25, 0.3) is 0 Å². The van der Waals surface area contributed by atoms with Crippen LogP contribution < -0.4 is 10.6 Å². The van der Waals surface area contributed by atoms with Gasteiger partial charge in [-0.2, -0.15) is 5.10 Å². The van der Waals surface area contributed by atoms with Gasteiger partial charge in [0, 0.05) is 43.1 Å². The highest BCUT2D eigenvalue weighted by Crippen LogP contribution is 2.22. The second kappa shape index (κ2) is 7.13. The van der Waals surface area contributed by atoms with Crippen LogP contribution in [0.5, 0.6) is 0 Å². The summed E-state index contributed by atoms with van der Waals surface area (Å²) < 4.78 is 1.97. The van der Waals surface area contributed by atoms with Crippen LogP contribution in [0.25, 0.3) is 0 Å². The number of nitrogens with zero attached hydrogens (tertiary/aromatic N) is 3. The largest absolute Gasteiger partial charge is 0.367 e. The molecule has 0 bridgehead atoms. The number of hydrogen-bond acceptors (Lipinski definition) is 4. The summed E-state index contributed by atoms with van der Waals surface area (Å²) in [5.74, 6) is 0.991. The summed E-state index contributed by atoms with van der Waals surface area (Å²) in [6, 6.07) is 7.17. The molecule has 1 saturated carbocycles. The van der Waals surface area contributed by atoms with Gasteiger partial charge < -0.3 is 10.6 Å². The Morgan fingerprint density at radius 3 is 2.48 bits per heavy atom. The van der Waals surface area contributed by atoms with Crippen LogP contribution in [0.2, 0.25) is 0 Å². The molecule has 0 aromatic carbocycles. The molecular formula is C18H27N5. The van der Waals surface area contributed by atoms with E-state index in [0.717, 1.165) is 18.1 Å². The van der Waals surface area contributed by atoms with Crippen LogP contribution in [-0.4, -0.2) is 26.8 Å². The van der Waals surface area contributed by atoms with E-state index in [2.05, 4.69) is 34.6 Å². The molecule has 0 radical (unpaired) electrons. The van der Waals surface area contributed by atoms with Crippen LogP contribution in [-0.2, 0) is 13.6 Å². The summed E-state index contributed by atoms with van der Waals surface area (Å²) in [6.07, 6.45) is 6.65. The van der Waals surface area contributed by atoms with Gasteiger partial charge in [-0.1, -0.05) is 6.07 Å². The maximum absolute atomic E-state index is 4.49. The molecular weight excluding hydrogens is 286 g/mol. The van der Waals surface area contributed by atoms with Gasteiger partial charge in [-0.05, 0) is 51.7 Å². The van der Waals surface area contributed by atoms with E-state index in [1.807, 2.05) is 36.1 Å². The first kappa shape index (κ1) is 16.0. The number of pyridine rings is 1. The molecule has 0 atom stereocenters. The molecule has 2 aromatic heterocycles. The van der Waals surface area contributed by atoms with E-state index in [1.54, 1.807) is 0 Å². The highest BCUT2D eigenvalue weighted by atomic mass is 15.3. The van der Waals surface area contributed by atoms with E-state index in [0.29, 0.717) is 12.1 Å². The third kappa shape index (κ3) is 3.91. The van der Waals surface area contributed by atoms with Gasteiger partial charge in [0.2, 0.25) is 0 Å². The second-order valence-corrected chi connectivity index (χ2v) is 6.56. The summed E-state index contributed by atoms with van der Waals surface area (Å²) in [7, 11) is 2.01. The summed E-state index contributed by atoms with van der Waals surface area (Å²) in [6.45, 7) is 5.16. The van der Waals surface area contributed by atoms with Crippen molar-refractivity contribution in [2.45, 2.75) is 58.2 Å². The zero-order valence-electron chi connectivity index (χ0n) is 14.3. The Kier molecular flexibility index (Phi) is 4.96. The minimum atomic E-state index is 0.546. The average Bonchev–Trinajstić information content (AvgIpc) is 2.80. The Bertz CT molecular complexity index is 626. The monoisotopic (exact) mass is 313 g/mol. The zero-order chi connectivity index (χ0) is 16.2. The third-order valence-electron chi connectivity index (χ3n) is 4.97. The normalized spacial score (nSPS) is 21.3. The van der Waals surface area contributed by atoms with Crippen LogP contribution >= 0.6 is 0 Å². The molecule has 2 heterocycles. The fourth-order valence-corrected chi connectivity index (χ4v) is 3.42. The lowest BCUT2D eigenvalue weighted by atomic mass is 9.91. The van der Waals surface area contributed by atoms with Crippen LogP contribution in [0.4, 0.5) is 5.82 Å². The molecule has 0 unspecified atom stereocenters. The second-order valence-electron chi connectivity index (χ2n) is 6.56. The van der Waals surface area contributed by atoms with Crippen LogP contribution in [0, 0.1) is 13.8 Å². The van der Waals surface area contributed by atoms with Crippen molar-refractivity contribution in [3.63, 3.8) is 0 Å². The molecule has 1 aliphatic carbocycles. The molecule has 0 spiro atoms. The summed E-state index contributed by atoms with van der Waals surface area (Å²) in [5.41, 5.74) is 3.75. The summed E-state index contributed by atoms with van der Waals surface area (Å²) in [5, 5.41) is 11.8. The predicted octanol–water partition coefficient (Wildman–Crippen LogP) is 2.94. The number of nitrogens with one attached hydrogen (secondary N) is 2. The molecule has 0 amide bonds. The van der Waals surface area contributed by atoms with Gasteiger partial charge in [-0.3, -0.25) is 4.68 Å². The minimum Gasteiger partial charge on any atom is -0.367 e. The first-order valence-electron chi connectivity index (χ1n) is 8.53. The maximum atomic E-state index is 4.49. The van der Waals surface area contributed by atoms with Crippen molar-refractivity contribution in [1.82, 2.24) is 20.1 Å². The van der Waals surface area contributed by atoms with E-state index in [9.17, 15) is 0 Å². The van der Waals surface area contributed by atoms with E-state index in [4.69, 9.17) is 0 Å². The lowest BCUT2D eigenvalue weighted by molar-refractivity contribution is 0.352. The fraction of sp³-hybridized carbons (Fsp3) is 0.556. The number of rotatable bonds is 5. The van der Waals surface area contributed by atoms with Crippen molar-refractivity contribution in [3.8, 4) is 0 Å². The fourth-order valence-electron chi connectivity index (χ4n) is 3.42. The van der Waals surface area contributed by atoms with Crippen LogP contribution in [0.1, 0.15) is 42.6 Å².